The normalized spacial score (nSPS) is 9.64. The lowest BCUT2D eigenvalue weighted by Gasteiger charge is -2.03. The van der Waals surface area contributed by atoms with Gasteiger partial charge in [0.25, 0.3) is 0 Å². The van der Waals surface area contributed by atoms with Crippen molar-refractivity contribution < 1.29 is 19.8 Å². The highest BCUT2D eigenvalue weighted by Crippen LogP contribution is 2.22. The van der Waals surface area contributed by atoms with Crippen LogP contribution in [0.5, 0.6) is 0 Å². The van der Waals surface area contributed by atoms with E-state index in [2.05, 4.69) is 15.9 Å². The molecule has 4 nitrogen and oxygen atoms in total. The number of benzene rings is 2. The smallest absolute Gasteiger partial charge is 0.336 e. The zero-order valence-electron chi connectivity index (χ0n) is 11.3. The van der Waals surface area contributed by atoms with E-state index in [9.17, 15) is 9.59 Å². The van der Waals surface area contributed by atoms with Crippen LogP contribution in [0, 0.1) is 14.1 Å². The molecule has 2 rings (SSSR count). The molecule has 7 heteroatoms. The zero-order valence-corrected chi connectivity index (χ0v) is 17.2. The molecule has 2 aromatic carbocycles. The van der Waals surface area contributed by atoms with E-state index in [0.29, 0.717) is 11.1 Å². The quantitative estimate of drug-likeness (QED) is 0.482. The Morgan fingerprint density at radius 1 is 1.00 bits per heavy atom. The first-order valence-electron chi connectivity index (χ1n) is 5.90. The second-order valence-electron chi connectivity index (χ2n) is 4.17. The van der Waals surface area contributed by atoms with E-state index >= 15 is 0 Å². The third-order valence-electron chi connectivity index (χ3n) is 2.55. The van der Waals surface area contributed by atoms with Crippen LogP contribution in [0.4, 0.5) is 0 Å². The van der Waals surface area contributed by atoms with Gasteiger partial charge in [-0.05, 0) is 81.9 Å². The number of aryl methyl sites for hydroxylation is 1. The summed E-state index contributed by atoms with van der Waals surface area (Å²) in [4.78, 5) is 21.1. The van der Waals surface area contributed by atoms with E-state index in [1.54, 1.807) is 24.3 Å². The van der Waals surface area contributed by atoms with Crippen molar-refractivity contribution in [3.63, 3.8) is 0 Å². The Morgan fingerprint density at radius 3 is 2.00 bits per heavy atom. The molecule has 116 valence electrons. The summed E-state index contributed by atoms with van der Waals surface area (Å²) in [5.41, 5.74) is 1.69. The van der Waals surface area contributed by atoms with E-state index in [1.165, 1.54) is 0 Å². The van der Waals surface area contributed by atoms with E-state index in [-0.39, 0.29) is 0 Å². The van der Waals surface area contributed by atoms with Crippen molar-refractivity contribution in [3.05, 3.63) is 64.7 Å². The van der Waals surface area contributed by atoms with Crippen molar-refractivity contribution in [2.75, 3.05) is 0 Å². The van der Waals surface area contributed by atoms with Gasteiger partial charge in [-0.1, -0.05) is 28.1 Å². The summed E-state index contributed by atoms with van der Waals surface area (Å²) < 4.78 is 2.37. The SMILES string of the molecule is Cc1cc(Br)cc(C(=O)O)c1I.O=C(O)c1ccccc1I. The van der Waals surface area contributed by atoms with Crippen LogP contribution < -0.4 is 0 Å². The van der Waals surface area contributed by atoms with Crippen LogP contribution in [0.2, 0.25) is 0 Å². The number of hydrogen-bond donors (Lipinski definition) is 2. The minimum atomic E-state index is -0.885. The Kier molecular flexibility index (Phi) is 7.77. The number of carbonyl (C=O) groups is 2. The van der Waals surface area contributed by atoms with Crippen LogP contribution in [-0.2, 0) is 0 Å². The molecule has 0 spiro atoms. The lowest BCUT2D eigenvalue weighted by atomic mass is 10.1. The molecule has 0 radical (unpaired) electrons. The molecule has 0 aromatic heterocycles. The van der Waals surface area contributed by atoms with E-state index in [4.69, 9.17) is 10.2 Å². The third-order valence-corrected chi connectivity index (χ3v) is 5.38. The third kappa shape index (κ3) is 5.51. The fourth-order valence-electron chi connectivity index (χ4n) is 1.52. The molecule has 0 amide bonds. The average Bonchev–Trinajstić information content (AvgIpc) is 2.43. The molecular formula is C15H11BrI2O4. The number of carboxylic acids is 2. The molecular weight excluding hydrogens is 578 g/mol. The van der Waals surface area contributed by atoms with Gasteiger partial charge in [0.15, 0.2) is 0 Å². The highest BCUT2D eigenvalue weighted by atomic mass is 127. The first kappa shape index (κ1) is 19.4. The molecule has 2 aromatic rings. The number of halogens is 3. The van der Waals surface area contributed by atoms with Crippen LogP contribution in [-0.4, -0.2) is 22.2 Å². The average molecular weight is 589 g/mol. The molecule has 0 aliphatic carbocycles. The number of carboxylic acid groups (broad SMARTS) is 2. The Bertz CT molecular complexity index is 717. The maximum atomic E-state index is 10.7. The van der Waals surface area contributed by atoms with Gasteiger partial charge in [-0.3, -0.25) is 0 Å². The second kappa shape index (κ2) is 8.82. The van der Waals surface area contributed by atoms with Gasteiger partial charge in [-0.2, -0.15) is 0 Å². The lowest BCUT2D eigenvalue weighted by molar-refractivity contribution is 0.0685. The van der Waals surface area contributed by atoms with Crippen LogP contribution in [0.1, 0.15) is 26.3 Å². The molecule has 0 saturated heterocycles. The van der Waals surface area contributed by atoms with Gasteiger partial charge in [0.2, 0.25) is 0 Å². The van der Waals surface area contributed by atoms with Crippen LogP contribution in [0.15, 0.2) is 40.9 Å². The second-order valence-corrected chi connectivity index (χ2v) is 7.33. The van der Waals surface area contributed by atoms with E-state index < -0.39 is 11.9 Å². The summed E-state index contributed by atoms with van der Waals surface area (Å²) in [6, 6.07) is 10.4. The molecule has 2 N–H and O–H groups in total. The van der Waals surface area contributed by atoms with Crippen molar-refractivity contribution >= 4 is 73.1 Å². The van der Waals surface area contributed by atoms with E-state index in [1.807, 2.05) is 64.2 Å². The van der Waals surface area contributed by atoms with Crippen molar-refractivity contribution in [2.24, 2.45) is 0 Å². The van der Waals surface area contributed by atoms with Crippen LogP contribution in [0.25, 0.3) is 0 Å². The Hall–Kier alpha value is -0.680. The fraction of sp³-hybridized carbons (Fsp3) is 0.0667. The molecule has 0 heterocycles. The topological polar surface area (TPSA) is 74.6 Å². The number of rotatable bonds is 2. The predicted molar refractivity (Wildman–Crippen MR) is 105 cm³/mol. The van der Waals surface area contributed by atoms with Crippen molar-refractivity contribution in [1.82, 2.24) is 0 Å². The van der Waals surface area contributed by atoms with Gasteiger partial charge in [0, 0.05) is 11.6 Å². The summed E-state index contributed by atoms with van der Waals surface area (Å²) in [5.74, 6) is -1.76. The van der Waals surface area contributed by atoms with Crippen molar-refractivity contribution in [1.29, 1.82) is 0 Å². The Balaban J connectivity index is 0.000000224. The summed E-state index contributed by atoms with van der Waals surface area (Å²) in [7, 11) is 0. The highest BCUT2D eigenvalue weighted by molar-refractivity contribution is 14.1. The fourth-order valence-corrected chi connectivity index (χ4v) is 3.25. The Labute approximate surface area is 163 Å². The first-order chi connectivity index (χ1) is 10.2. The number of aromatic carboxylic acids is 2. The molecule has 0 fully saturated rings. The molecule has 0 bridgehead atoms. The van der Waals surface area contributed by atoms with E-state index in [0.717, 1.165) is 17.2 Å². The monoisotopic (exact) mass is 588 g/mol. The van der Waals surface area contributed by atoms with Crippen molar-refractivity contribution in [2.45, 2.75) is 6.92 Å². The molecule has 0 unspecified atom stereocenters. The van der Waals surface area contributed by atoms with Crippen LogP contribution >= 0.6 is 61.1 Å². The largest absolute Gasteiger partial charge is 0.478 e. The summed E-state index contributed by atoms with van der Waals surface area (Å²) in [5, 5.41) is 17.3. The lowest BCUT2D eigenvalue weighted by Crippen LogP contribution is -2.01. The summed E-state index contributed by atoms with van der Waals surface area (Å²) in [6.45, 7) is 1.89. The minimum Gasteiger partial charge on any atom is -0.478 e. The maximum absolute atomic E-state index is 10.7. The standard InChI is InChI=1S/C8H6BrIO2.C7H5IO2/c1-4-2-5(9)3-6(7(4)10)8(11)12;8-6-4-2-1-3-5(6)7(9)10/h2-3H,1H3,(H,11,12);1-4H,(H,9,10). The van der Waals surface area contributed by atoms with Gasteiger partial charge in [-0.15, -0.1) is 0 Å². The minimum absolute atomic E-state index is 0.350. The predicted octanol–water partition coefficient (Wildman–Crippen LogP) is 5.05. The highest BCUT2D eigenvalue weighted by Gasteiger charge is 2.10. The Morgan fingerprint density at radius 2 is 1.55 bits per heavy atom. The molecule has 0 saturated carbocycles. The van der Waals surface area contributed by atoms with Crippen LogP contribution in [0.3, 0.4) is 0 Å². The van der Waals surface area contributed by atoms with Gasteiger partial charge in [0.1, 0.15) is 0 Å². The molecule has 0 aliphatic heterocycles. The van der Waals surface area contributed by atoms with Gasteiger partial charge < -0.3 is 10.2 Å². The van der Waals surface area contributed by atoms with Gasteiger partial charge in [0.05, 0.1) is 11.1 Å². The maximum Gasteiger partial charge on any atom is 0.336 e. The number of hydrogen-bond acceptors (Lipinski definition) is 2. The van der Waals surface area contributed by atoms with Crippen molar-refractivity contribution in [3.8, 4) is 0 Å². The molecule has 22 heavy (non-hydrogen) atoms. The summed E-state index contributed by atoms with van der Waals surface area (Å²) >= 11 is 7.28. The summed E-state index contributed by atoms with van der Waals surface area (Å²) in [6.07, 6.45) is 0. The molecule has 0 aliphatic rings. The first-order valence-corrected chi connectivity index (χ1v) is 8.85. The van der Waals surface area contributed by atoms with Gasteiger partial charge in [-0.25, -0.2) is 9.59 Å². The zero-order chi connectivity index (χ0) is 16.9. The molecule has 0 atom stereocenters. The van der Waals surface area contributed by atoms with Gasteiger partial charge >= 0.3 is 11.9 Å².